The molecule has 0 fully saturated rings. The third-order valence-electron chi connectivity index (χ3n) is 3.42. The highest BCUT2D eigenvalue weighted by atomic mass is 32.2. The molecule has 3 nitrogen and oxygen atoms in total. The molecule has 0 radical (unpaired) electrons. The monoisotopic (exact) mass is 297 g/mol. The van der Waals surface area contributed by atoms with Gasteiger partial charge in [-0.25, -0.2) is 8.42 Å². The summed E-state index contributed by atoms with van der Waals surface area (Å²) in [6.07, 6.45) is 1.94. The number of sulfone groups is 1. The molecule has 0 aliphatic carbocycles. The van der Waals surface area contributed by atoms with Gasteiger partial charge in [0.1, 0.15) is 9.84 Å². The van der Waals surface area contributed by atoms with Crippen LogP contribution in [0.25, 0.3) is 0 Å². The Labute approximate surface area is 123 Å². The van der Waals surface area contributed by atoms with E-state index in [0.29, 0.717) is 6.42 Å². The van der Waals surface area contributed by atoms with Crippen LogP contribution in [0.15, 0.2) is 24.3 Å². The summed E-state index contributed by atoms with van der Waals surface area (Å²) in [5.41, 5.74) is 2.73. The Bertz CT molecular complexity index is 512. The minimum absolute atomic E-state index is 0.171. The third kappa shape index (κ3) is 6.06. The Kier molecular flexibility index (Phi) is 5.78. The first-order valence-corrected chi connectivity index (χ1v) is 9.17. The molecule has 1 rings (SSSR count). The van der Waals surface area contributed by atoms with E-state index in [1.165, 1.54) is 17.4 Å². The van der Waals surface area contributed by atoms with Gasteiger partial charge in [-0.15, -0.1) is 0 Å². The molecule has 1 aromatic rings. The Balaban J connectivity index is 2.50. The predicted octanol–water partition coefficient (Wildman–Crippen LogP) is 3.07. The van der Waals surface area contributed by atoms with Crippen molar-refractivity contribution in [2.24, 2.45) is 0 Å². The highest BCUT2D eigenvalue weighted by molar-refractivity contribution is 7.90. The van der Waals surface area contributed by atoms with Crippen molar-refractivity contribution in [3.05, 3.63) is 35.4 Å². The Morgan fingerprint density at radius 3 is 2.15 bits per heavy atom. The number of nitrogens with one attached hydrogen (secondary N) is 1. The molecular weight excluding hydrogens is 270 g/mol. The fourth-order valence-electron chi connectivity index (χ4n) is 2.04. The molecule has 1 unspecified atom stereocenters. The molecule has 0 aliphatic heterocycles. The maximum Gasteiger partial charge on any atom is 0.147 e. The number of hydrogen-bond acceptors (Lipinski definition) is 3. The molecule has 114 valence electrons. The van der Waals surface area contributed by atoms with Gasteiger partial charge in [-0.3, -0.25) is 0 Å². The summed E-state index contributed by atoms with van der Waals surface area (Å²) in [7, 11) is -2.85. The van der Waals surface area contributed by atoms with E-state index in [9.17, 15) is 8.42 Å². The summed E-state index contributed by atoms with van der Waals surface area (Å²) >= 11 is 0. The first-order chi connectivity index (χ1) is 9.09. The standard InChI is InChI=1S/C16H27NO2S/c1-13(17-11-6-12-20(5,18)19)14-7-9-15(10-8-14)16(2,3)4/h7-10,13,17H,6,11-12H2,1-5H3. The highest BCUT2D eigenvalue weighted by Gasteiger charge is 2.13. The molecule has 20 heavy (non-hydrogen) atoms. The maximum atomic E-state index is 11.0. The molecule has 1 aromatic carbocycles. The molecule has 0 saturated heterocycles. The van der Waals surface area contributed by atoms with Crippen LogP contribution in [0.1, 0.15) is 51.3 Å². The summed E-state index contributed by atoms with van der Waals surface area (Å²) in [4.78, 5) is 0. The molecule has 0 spiro atoms. The predicted molar refractivity (Wildman–Crippen MR) is 85.9 cm³/mol. The molecule has 1 N–H and O–H groups in total. The number of benzene rings is 1. The summed E-state index contributed by atoms with van der Waals surface area (Å²) < 4.78 is 22.1. The van der Waals surface area contributed by atoms with E-state index in [2.05, 4.69) is 57.3 Å². The summed E-state index contributed by atoms with van der Waals surface area (Å²) in [5, 5.41) is 3.37. The Morgan fingerprint density at radius 2 is 1.70 bits per heavy atom. The van der Waals surface area contributed by atoms with E-state index < -0.39 is 9.84 Å². The minimum atomic E-state index is -2.85. The van der Waals surface area contributed by atoms with Crippen molar-refractivity contribution in [3.63, 3.8) is 0 Å². The average molecular weight is 297 g/mol. The van der Waals surface area contributed by atoms with E-state index in [1.807, 2.05) is 0 Å². The zero-order chi connectivity index (χ0) is 15.4. The van der Waals surface area contributed by atoms with Crippen molar-refractivity contribution in [2.45, 2.75) is 45.6 Å². The molecule has 4 heteroatoms. The zero-order valence-electron chi connectivity index (χ0n) is 13.2. The van der Waals surface area contributed by atoms with Gasteiger partial charge < -0.3 is 5.32 Å². The lowest BCUT2D eigenvalue weighted by molar-refractivity contribution is 0.560. The van der Waals surface area contributed by atoms with Gasteiger partial charge in [0.2, 0.25) is 0 Å². The Hall–Kier alpha value is -0.870. The number of hydrogen-bond donors (Lipinski definition) is 1. The fraction of sp³-hybridized carbons (Fsp3) is 0.625. The minimum Gasteiger partial charge on any atom is -0.310 e. The largest absolute Gasteiger partial charge is 0.310 e. The van der Waals surface area contributed by atoms with Crippen molar-refractivity contribution in [3.8, 4) is 0 Å². The van der Waals surface area contributed by atoms with E-state index in [-0.39, 0.29) is 17.2 Å². The lowest BCUT2D eigenvalue weighted by Gasteiger charge is -2.20. The van der Waals surface area contributed by atoms with Gasteiger partial charge in [0.15, 0.2) is 0 Å². The van der Waals surface area contributed by atoms with Crippen molar-refractivity contribution >= 4 is 9.84 Å². The van der Waals surface area contributed by atoms with Gasteiger partial charge in [-0.05, 0) is 36.4 Å². The molecule has 0 aromatic heterocycles. The second-order valence-corrected chi connectivity index (χ2v) is 8.79. The normalized spacial score (nSPS) is 14.2. The van der Waals surface area contributed by atoms with Gasteiger partial charge in [-0.2, -0.15) is 0 Å². The van der Waals surface area contributed by atoms with Crippen LogP contribution in [-0.4, -0.2) is 27.0 Å². The lowest BCUT2D eigenvalue weighted by Crippen LogP contribution is -2.22. The fourth-order valence-corrected chi connectivity index (χ4v) is 2.71. The van der Waals surface area contributed by atoms with Crippen molar-refractivity contribution in [1.82, 2.24) is 5.32 Å². The van der Waals surface area contributed by atoms with E-state index in [1.54, 1.807) is 0 Å². The number of rotatable bonds is 6. The Morgan fingerprint density at radius 1 is 1.15 bits per heavy atom. The van der Waals surface area contributed by atoms with Crippen LogP contribution in [0.2, 0.25) is 0 Å². The molecule has 0 saturated carbocycles. The molecular formula is C16H27NO2S. The van der Waals surface area contributed by atoms with Crippen LogP contribution < -0.4 is 5.32 Å². The van der Waals surface area contributed by atoms with Crippen molar-refractivity contribution < 1.29 is 8.42 Å². The maximum absolute atomic E-state index is 11.0. The molecule has 0 heterocycles. The average Bonchev–Trinajstić information content (AvgIpc) is 2.32. The van der Waals surface area contributed by atoms with Gasteiger partial charge in [0.25, 0.3) is 0 Å². The third-order valence-corrected chi connectivity index (χ3v) is 4.45. The van der Waals surface area contributed by atoms with Crippen LogP contribution in [0.5, 0.6) is 0 Å². The van der Waals surface area contributed by atoms with E-state index in [0.717, 1.165) is 6.54 Å². The second kappa shape index (κ2) is 6.72. The summed E-state index contributed by atoms with van der Waals surface area (Å²) in [5.74, 6) is 0.246. The van der Waals surface area contributed by atoms with E-state index >= 15 is 0 Å². The van der Waals surface area contributed by atoms with Crippen LogP contribution in [0.3, 0.4) is 0 Å². The molecule has 1 atom stereocenters. The summed E-state index contributed by atoms with van der Waals surface area (Å²) in [6.45, 7) is 9.43. The lowest BCUT2D eigenvalue weighted by atomic mass is 9.86. The molecule has 0 amide bonds. The SMILES string of the molecule is CC(NCCCS(C)(=O)=O)c1ccc(C(C)(C)C)cc1. The van der Waals surface area contributed by atoms with Crippen LogP contribution in [0.4, 0.5) is 0 Å². The van der Waals surface area contributed by atoms with Gasteiger partial charge in [0.05, 0.1) is 5.75 Å². The van der Waals surface area contributed by atoms with Gasteiger partial charge >= 0.3 is 0 Å². The molecule has 0 aliphatic rings. The van der Waals surface area contributed by atoms with E-state index in [4.69, 9.17) is 0 Å². The van der Waals surface area contributed by atoms with Crippen LogP contribution in [-0.2, 0) is 15.3 Å². The van der Waals surface area contributed by atoms with Crippen LogP contribution >= 0.6 is 0 Å². The highest BCUT2D eigenvalue weighted by Crippen LogP contribution is 2.23. The molecule has 0 bridgehead atoms. The quantitative estimate of drug-likeness (QED) is 0.821. The van der Waals surface area contributed by atoms with Gasteiger partial charge in [-0.1, -0.05) is 45.0 Å². The first kappa shape index (κ1) is 17.2. The van der Waals surface area contributed by atoms with Crippen LogP contribution in [0, 0.1) is 0 Å². The van der Waals surface area contributed by atoms with Gasteiger partial charge in [0, 0.05) is 12.3 Å². The van der Waals surface area contributed by atoms with Crippen molar-refractivity contribution in [2.75, 3.05) is 18.6 Å². The topological polar surface area (TPSA) is 46.2 Å². The summed E-state index contributed by atoms with van der Waals surface area (Å²) in [6, 6.07) is 8.88. The first-order valence-electron chi connectivity index (χ1n) is 7.11. The second-order valence-electron chi connectivity index (χ2n) is 6.53. The smallest absolute Gasteiger partial charge is 0.147 e. The van der Waals surface area contributed by atoms with Crippen molar-refractivity contribution in [1.29, 1.82) is 0 Å². The zero-order valence-corrected chi connectivity index (χ0v) is 14.0.